The van der Waals surface area contributed by atoms with Crippen molar-refractivity contribution in [2.24, 2.45) is 5.92 Å². The Balaban J connectivity index is 3.13. The van der Waals surface area contributed by atoms with Crippen LogP contribution in [0.2, 0.25) is 0 Å². The van der Waals surface area contributed by atoms with E-state index in [2.05, 4.69) is 38.1 Å². The van der Waals surface area contributed by atoms with Gasteiger partial charge in [-0.15, -0.1) is 0 Å². The lowest BCUT2D eigenvalue weighted by atomic mass is 9.81. The molecule has 0 atom stereocenters. The summed E-state index contributed by atoms with van der Waals surface area (Å²) >= 11 is 0. The van der Waals surface area contributed by atoms with Gasteiger partial charge < -0.3 is 0 Å². The molecule has 0 bridgehead atoms. The van der Waals surface area contributed by atoms with Crippen LogP contribution in [0.5, 0.6) is 0 Å². The molecule has 15 heavy (non-hydrogen) atoms. The first kappa shape index (κ1) is 11.8. The van der Waals surface area contributed by atoms with E-state index in [0.717, 1.165) is 6.42 Å². The highest BCUT2D eigenvalue weighted by molar-refractivity contribution is 5.37. The van der Waals surface area contributed by atoms with Crippen molar-refractivity contribution in [2.45, 2.75) is 39.5 Å². The number of rotatable bonds is 3. The summed E-state index contributed by atoms with van der Waals surface area (Å²) in [6.45, 7) is 8.37. The van der Waals surface area contributed by atoms with E-state index in [0.29, 0.717) is 5.92 Å². The minimum atomic E-state index is -0.383. The van der Waals surface area contributed by atoms with Crippen LogP contribution in [0.25, 0.3) is 0 Å². The van der Waals surface area contributed by atoms with Gasteiger partial charge in [0.2, 0.25) is 0 Å². The predicted octanol–water partition coefficient (Wildman–Crippen LogP) is 3.69. The summed E-state index contributed by atoms with van der Waals surface area (Å²) in [5.74, 6) is 0.626. The van der Waals surface area contributed by atoms with Crippen molar-refractivity contribution in [2.75, 3.05) is 0 Å². The zero-order valence-electron chi connectivity index (χ0n) is 10.0. The molecule has 0 aromatic heterocycles. The maximum atomic E-state index is 9.16. The average Bonchev–Trinajstić information content (AvgIpc) is 2.17. The van der Waals surface area contributed by atoms with E-state index in [1.165, 1.54) is 11.1 Å². The van der Waals surface area contributed by atoms with Crippen LogP contribution in [0.4, 0.5) is 0 Å². The Hall–Kier alpha value is -1.29. The molecule has 0 aliphatic rings. The molecule has 0 fully saturated rings. The highest BCUT2D eigenvalue weighted by Crippen LogP contribution is 2.27. The molecule has 0 amide bonds. The van der Waals surface area contributed by atoms with Gasteiger partial charge in [-0.2, -0.15) is 5.26 Å². The summed E-state index contributed by atoms with van der Waals surface area (Å²) in [6.07, 6.45) is 1.04. The van der Waals surface area contributed by atoms with Crippen LogP contribution >= 0.6 is 0 Å². The van der Waals surface area contributed by atoms with Crippen molar-refractivity contribution >= 4 is 0 Å². The number of hydrogen-bond donors (Lipinski definition) is 0. The van der Waals surface area contributed by atoms with E-state index in [4.69, 9.17) is 5.26 Å². The van der Waals surface area contributed by atoms with Crippen LogP contribution in [-0.2, 0) is 11.8 Å². The van der Waals surface area contributed by atoms with E-state index in [1.54, 1.807) is 0 Å². The summed E-state index contributed by atoms with van der Waals surface area (Å²) in [7, 11) is 0. The molecule has 0 aliphatic heterocycles. The van der Waals surface area contributed by atoms with E-state index >= 15 is 0 Å². The standard InChI is InChI=1S/C14H19N/c1-11(2)9-12-7-5-6-8-13(12)14(3,4)10-15/h5-8,11H,9H2,1-4H3. The molecule has 0 N–H and O–H groups in total. The van der Waals surface area contributed by atoms with E-state index in [1.807, 2.05) is 19.9 Å². The fraction of sp³-hybridized carbons (Fsp3) is 0.500. The summed E-state index contributed by atoms with van der Waals surface area (Å²) in [6, 6.07) is 10.6. The largest absolute Gasteiger partial charge is 0.197 e. The SMILES string of the molecule is CC(C)Cc1ccccc1C(C)(C)C#N. The molecule has 0 radical (unpaired) electrons. The smallest absolute Gasteiger partial charge is 0.0768 e. The van der Waals surface area contributed by atoms with Crippen LogP contribution in [0.3, 0.4) is 0 Å². The molecule has 0 saturated heterocycles. The molecule has 80 valence electrons. The maximum Gasteiger partial charge on any atom is 0.0768 e. The lowest BCUT2D eigenvalue weighted by molar-refractivity contribution is 0.618. The first-order chi connectivity index (χ1) is 6.97. The van der Waals surface area contributed by atoms with Crippen LogP contribution < -0.4 is 0 Å². The van der Waals surface area contributed by atoms with Gasteiger partial charge in [-0.1, -0.05) is 38.1 Å². The van der Waals surface area contributed by atoms with E-state index < -0.39 is 0 Å². The number of nitriles is 1. The Morgan fingerprint density at radius 3 is 2.40 bits per heavy atom. The highest BCUT2D eigenvalue weighted by Gasteiger charge is 2.22. The highest BCUT2D eigenvalue weighted by atomic mass is 14.3. The zero-order chi connectivity index (χ0) is 11.5. The summed E-state index contributed by atoms with van der Waals surface area (Å²) in [4.78, 5) is 0. The van der Waals surface area contributed by atoms with Crippen molar-refractivity contribution in [1.82, 2.24) is 0 Å². The number of nitrogens with zero attached hydrogens (tertiary/aromatic N) is 1. The predicted molar refractivity (Wildman–Crippen MR) is 63.6 cm³/mol. The molecule has 1 rings (SSSR count). The van der Waals surface area contributed by atoms with Crippen molar-refractivity contribution in [3.8, 4) is 6.07 Å². The monoisotopic (exact) mass is 201 g/mol. The van der Waals surface area contributed by atoms with E-state index in [-0.39, 0.29) is 5.41 Å². The molecule has 0 heterocycles. The third-order valence-corrected chi connectivity index (χ3v) is 2.60. The maximum absolute atomic E-state index is 9.16. The minimum Gasteiger partial charge on any atom is -0.197 e. The van der Waals surface area contributed by atoms with Gasteiger partial charge in [0.1, 0.15) is 0 Å². The third kappa shape index (κ3) is 2.83. The molecule has 0 spiro atoms. The van der Waals surface area contributed by atoms with Gasteiger partial charge >= 0.3 is 0 Å². The Bertz CT molecular complexity index is 369. The molecule has 1 aromatic rings. The van der Waals surface area contributed by atoms with Crippen LogP contribution in [0.15, 0.2) is 24.3 Å². The molecule has 0 unspecified atom stereocenters. The fourth-order valence-corrected chi connectivity index (χ4v) is 1.81. The van der Waals surface area contributed by atoms with Crippen LogP contribution in [-0.4, -0.2) is 0 Å². The lowest BCUT2D eigenvalue weighted by Crippen LogP contribution is -2.17. The third-order valence-electron chi connectivity index (χ3n) is 2.60. The Kier molecular flexibility index (Phi) is 3.52. The zero-order valence-corrected chi connectivity index (χ0v) is 10.0. The Morgan fingerprint density at radius 1 is 1.27 bits per heavy atom. The van der Waals surface area contributed by atoms with Crippen molar-refractivity contribution in [3.63, 3.8) is 0 Å². The Morgan fingerprint density at radius 2 is 1.87 bits per heavy atom. The van der Waals surface area contributed by atoms with E-state index in [9.17, 15) is 0 Å². The van der Waals surface area contributed by atoms with Gasteiger partial charge in [-0.25, -0.2) is 0 Å². The fourth-order valence-electron chi connectivity index (χ4n) is 1.81. The molecular formula is C14H19N. The molecular weight excluding hydrogens is 182 g/mol. The normalized spacial score (nSPS) is 11.5. The second-order valence-electron chi connectivity index (χ2n) is 4.99. The van der Waals surface area contributed by atoms with Crippen molar-refractivity contribution in [3.05, 3.63) is 35.4 Å². The van der Waals surface area contributed by atoms with Crippen molar-refractivity contribution < 1.29 is 0 Å². The van der Waals surface area contributed by atoms with Gasteiger partial charge in [0.15, 0.2) is 0 Å². The lowest BCUT2D eigenvalue weighted by Gasteiger charge is -2.20. The quantitative estimate of drug-likeness (QED) is 0.731. The summed E-state index contributed by atoms with van der Waals surface area (Å²) < 4.78 is 0. The molecule has 0 aliphatic carbocycles. The second kappa shape index (κ2) is 4.49. The van der Waals surface area contributed by atoms with Crippen LogP contribution in [0, 0.1) is 17.2 Å². The first-order valence-corrected chi connectivity index (χ1v) is 5.47. The summed E-state index contributed by atoms with van der Waals surface area (Å²) in [5.41, 5.74) is 2.09. The van der Waals surface area contributed by atoms with Crippen molar-refractivity contribution in [1.29, 1.82) is 5.26 Å². The minimum absolute atomic E-state index is 0.383. The average molecular weight is 201 g/mol. The van der Waals surface area contributed by atoms with Gasteiger partial charge in [-0.3, -0.25) is 0 Å². The second-order valence-corrected chi connectivity index (χ2v) is 4.99. The molecule has 1 heteroatoms. The number of hydrogen-bond acceptors (Lipinski definition) is 1. The number of benzene rings is 1. The molecule has 1 nitrogen and oxygen atoms in total. The van der Waals surface area contributed by atoms with Crippen LogP contribution in [0.1, 0.15) is 38.8 Å². The topological polar surface area (TPSA) is 23.8 Å². The molecule has 0 saturated carbocycles. The van der Waals surface area contributed by atoms with Gasteiger partial charge in [-0.05, 0) is 37.3 Å². The summed E-state index contributed by atoms with van der Waals surface area (Å²) in [5, 5.41) is 9.16. The Labute approximate surface area is 92.7 Å². The van der Waals surface area contributed by atoms with Gasteiger partial charge in [0.05, 0.1) is 11.5 Å². The van der Waals surface area contributed by atoms with Gasteiger partial charge in [0.25, 0.3) is 0 Å². The molecule has 1 aromatic carbocycles. The first-order valence-electron chi connectivity index (χ1n) is 5.47. The van der Waals surface area contributed by atoms with Gasteiger partial charge in [0, 0.05) is 0 Å².